The van der Waals surface area contributed by atoms with Gasteiger partial charge in [-0.1, -0.05) is 24.1 Å². The number of halogens is 3. The van der Waals surface area contributed by atoms with Crippen molar-refractivity contribution in [2.45, 2.75) is 47.5 Å². The fourth-order valence-electron chi connectivity index (χ4n) is 3.40. The van der Waals surface area contributed by atoms with Gasteiger partial charge in [0.25, 0.3) is 0 Å². The molecule has 2 heterocycles. The van der Waals surface area contributed by atoms with Gasteiger partial charge in [0.2, 0.25) is 0 Å². The monoisotopic (exact) mass is 576 g/mol. The average molecular weight is 578 g/mol. The zero-order chi connectivity index (χ0) is 24.3. The Balaban J connectivity index is 0.000000307. The van der Waals surface area contributed by atoms with Crippen LogP contribution in [0.15, 0.2) is 59.0 Å². The predicted octanol–water partition coefficient (Wildman–Crippen LogP) is 7.87. The molecule has 0 aromatic carbocycles. The van der Waals surface area contributed by atoms with Gasteiger partial charge in [-0.05, 0) is 74.1 Å². The molecule has 0 N–H and O–H groups in total. The van der Waals surface area contributed by atoms with Crippen LogP contribution >= 0.6 is 29.1 Å². The summed E-state index contributed by atoms with van der Waals surface area (Å²) in [7, 11) is 14.8. The summed E-state index contributed by atoms with van der Waals surface area (Å²) in [5.41, 5.74) is 9.80. The molecule has 32 heavy (non-hydrogen) atoms. The van der Waals surface area contributed by atoms with Crippen molar-refractivity contribution < 1.29 is 13.0 Å². The van der Waals surface area contributed by atoms with Crippen molar-refractivity contribution in [1.82, 2.24) is 9.97 Å². The number of allylic oxidation sites excluding steroid dienone is 4. The Morgan fingerprint density at radius 2 is 1.44 bits per heavy atom. The van der Waals surface area contributed by atoms with Gasteiger partial charge in [-0.25, -0.2) is 0 Å². The van der Waals surface area contributed by atoms with Crippen molar-refractivity contribution in [3.8, 4) is 36.1 Å². The van der Waals surface area contributed by atoms with Gasteiger partial charge >= 0.3 is 42.1 Å². The third-order valence-electron chi connectivity index (χ3n) is 5.68. The first-order valence-electron chi connectivity index (χ1n) is 9.90. The first-order chi connectivity index (χ1) is 15.1. The Morgan fingerprint density at radius 3 is 1.84 bits per heavy atom. The summed E-state index contributed by atoms with van der Waals surface area (Å²) in [6.07, 6.45) is 15.4. The van der Waals surface area contributed by atoms with Gasteiger partial charge in [0.1, 0.15) is 0 Å². The molecule has 0 spiro atoms. The maximum atomic E-state index is 5.42. The van der Waals surface area contributed by atoms with Gasteiger partial charge in [0.05, 0.1) is 11.4 Å². The molecule has 0 unspecified atom stereocenters. The van der Waals surface area contributed by atoms with E-state index in [2.05, 4.69) is 56.4 Å². The summed E-state index contributed by atoms with van der Waals surface area (Å²) in [4.78, 5) is 8.69. The standard InChI is InChI=1S/C16H12N2.C10H16.3ClH.Rh/c1-3-7-13-10-12-18-16(14(13)8-4-2)15-9-5-6-11-17-15;1-6-7(2)9(4)10(5)8(6)3;;;;/h1-2,5-6,9-12H,7-8H2;6H,1-5H3;3*1H;/q;;;;;+3/p-3. The molecule has 1 aliphatic rings. The van der Waals surface area contributed by atoms with Gasteiger partial charge in [0, 0.05) is 25.2 Å². The van der Waals surface area contributed by atoms with Gasteiger partial charge in [-0.15, -0.1) is 24.7 Å². The van der Waals surface area contributed by atoms with Crippen molar-refractivity contribution >= 4 is 29.1 Å². The summed E-state index contributed by atoms with van der Waals surface area (Å²) >= 11 is -1.66. The summed E-state index contributed by atoms with van der Waals surface area (Å²) < 4.78 is 0. The molecule has 2 nitrogen and oxygen atoms in total. The number of nitrogens with zero attached hydrogens (tertiary/aromatic N) is 2. The average Bonchev–Trinajstić information content (AvgIpc) is 2.93. The fraction of sp³-hybridized carbons (Fsp3) is 0.308. The number of terminal acetylenes is 2. The summed E-state index contributed by atoms with van der Waals surface area (Å²) in [6, 6.07) is 7.63. The fourth-order valence-corrected chi connectivity index (χ4v) is 3.40. The van der Waals surface area contributed by atoms with Crippen molar-refractivity contribution in [2.24, 2.45) is 5.92 Å². The molecular formula is C26H28Cl3N2Rh. The van der Waals surface area contributed by atoms with Crippen LogP contribution in [0.4, 0.5) is 0 Å². The molecule has 2 aromatic heterocycles. The quantitative estimate of drug-likeness (QED) is 0.274. The van der Waals surface area contributed by atoms with Gasteiger partial charge in [0.15, 0.2) is 0 Å². The first-order valence-corrected chi connectivity index (χ1v) is 16.2. The minimum absolute atomic E-state index is 0.511. The van der Waals surface area contributed by atoms with E-state index in [0.29, 0.717) is 18.8 Å². The molecule has 0 fully saturated rings. The third-order valence-corrected chi connectivity index (χ3v) is 5.68. The van der Waals surface area contributed by atoms with Crippen LogP contribution in [-0.2, 0) is 25.8 Å². The predicted molar refractivity (Wildman–Crippen MR) is 136 cm³/mol. The minimum atomic E-state index is -1.66. The van der Waals surface area contributed by atoms with Crippen LogP contribution < -0.4 is 0 Å². The van der Waals surface area contributed by atoms with Crippen LogP contribution in [0.1, 0.15) is 45.7 Å². The topological polar surface area (TPSA) is 25.8 Å². The molecule has 1 aliphatic carbocycles. The Kier molecular flexibility index (Phi) is 12.9. The van der Waals surface area contributed by atoms with E-state index in [-0.39, 0.29) is 0 Å². The molecule has 0 radical (unpaired) electrons. The normalized spacial score (nSPS) is 13.4. The van der Waals surface area contributed by atoms with Crippen molar-refractivity contribution in [3.05, 3.63) is 70.1 Å². The van der Waals surface area contributed by atoms with E-state index in [1.807, 2.05) is 24.3 Å². The Morgan fingerprint density at radius 1 is 0.875 bits per heavy atom. The van der Waals surface area contributed by atoms with Crippen LogP contribution in [0.25, 0.3) is 11.4 Å². The zero-order valence-electron chi connectivity index (χ0n) is 19.0. The molecule has 0 saturated carbocycles. The second kappa shape index (κ2) is 14.5. The van der Waals surface area contributed by atoms with Gasteiger partial charge in [-0.3, -0.25) is 9.97 Å². The second-order valence-electron chi connectivity index (χ2n) is 7.25. The van der Waals surface area contributed by atoms with Crippen molar-refractivity contribution in [2.75, 3.05) is 0 Å². The molecule has 0 aliphatic heterocycles. The van der Waals surface area contributed by atoms with E-state index in [1.54, 1.807) is 23.5 Å². The third kappa shape index (κ3) is 8.39. The first kappa shape index (κ1) is 28.4. The number of hydrogen-bond acceptors (Lipinski definition) is 2. The van der Waals surface area contributed by atoms with E-state index in [0.717, 1.165) is 22.5 Å². The van der Waals surface area contributed by atoms with Gasteiger partial charge < -0.3 is 0 Å². The van der Waals surface area contributed by atoms with E-state index in [1.165, 1.54) is 11.1 Å². The van der Waals surface area contributed by atoms with E-state index >= 15 is 0 Å². The van der Waals surface area contributed by atoms with Crippen LogP contribution in [0.2, 0.25) is 0 Å². The van der Waals surface area contributed by atoms with Crippen LogP contribution in [0, 0.1) is 30.6 Å². The number of pyridine rings is 2. The molecule has 0 saturated heterocycles. The summed E-state index contributed by atoms with van der Waals surface area (Å²) in [6.45, 7) is 11.2. The van der Waals surface area contributed by atoms with Gasteiger partial charge in [-0.2, -0.15) is 0 Å². The maximum absolute atomic E-state index is 5.42. The summed E-state index contributed by atoms with van der Waals surface area (Å²) in [5.74, 6) is 6.00. The number of aromatic nitrogens is 2. The number of hydrogen-bond donors (Lipinski definition) is 0. The van der Waals surface area contributed by atoms with E-state index in [4.69, 9.17) is 41.9 Å². The van der Waals surface area contributed by atoms with E-state index < -0.39 is 13.0 Å². The van der Waals surface area contributed by atoms with Crippen LogP contribution in [0.3, 0.4) is 0 Å². The Bertz CT molecular complexity index is 1020. The van der Waals surface area contributed by atoms with Crippen LogP contribution in [0.5, 0.6) is 0 Å². The van der Waals surface area contributed by atoms with Crippen molar-refractivity contribution in [1.29, 1.82) is 0 Å². The zero-order valence-corrected chi connectivity index (χ0v) is 22.9. The molecule has 2 aromatic rings. The van der Waals surface area contributed by atoms with E-state index in [9.17, 15) is 0 Å². The second-order valence-corrected chi connectivity index (χ2v) is 14.7. The Hall–Kier alpha value is -1.61. The van der Waals surface area contributed by atoms with Crippen LogP contribution in [-0.4, -0.2) is 9.97 Å². The molecule has 0 bridgehead atoms. The SMILES string of the molecule is C#CCc1ccnc(-c2ccccn2)c1CC#C.CC1=C(C)C(C)C(C)=C1C.[Cl][Rh]([Cl])[Cl]. The summed E-state index contributed by atoms with van der Waals surface area (Å²) in [5, 5.41) is 0. The molecule has 0 atom stereocenters. The molecular weight excluding hydrogens is 550 g/mol. The molecule has 6 heteroatoms. The Labute approximate surface area is 210 Å². The number of rotatable bonds is 3. The molecule has 3 rings (SSSR count). The van der Waals surface area contributed by atoms with Crippen molar-refractivity contribution in [3.63, 3.8) is 0 Å². The molecule has 0 amide bonds. The molecule has 172 valence electrons.